The van der Waals surface area contributed by atoms with Gasteiger partial charge in [0.25, 0.3) is 0 Å². The molecular formula is C14H23NS. The van der Waals surface area contributed by atoms with Crippen molar-refractivity contribution in [1.29, 1.82) is 0 Å². The maximum absolute atomic E-state index is 2.33. The molecule has 2 heteroatoms. The number of nitrogens with zero attached hydrogens (tertiary/aromatic N) is 1. The standard InChI is InChI=1S/C14H23NS/c1-4-5-9-16-12-14-8-6-7-13(10-14)11-15(2)3/h6-8,10H,4-5,9,11-12H2,1-3H3. The molecule has 0 saturated carbocycles. The summed E-state index contributed by atoms with van der Waals surface area (Å²) >= 11 is 2.04. The fourth-order valence-electron chi connectivity index (χ4n) is 1.62. The number of unbranched alkanes of at least 4 members (excludes halogenated alkanes) is 1. The lowest BCUT2D eigenvalue weighted by molar-refractivity contribution is 0.402. The van der Waals surface area contributed by atoms with Crippen LogP contribution in [0.3, 0.4) is 0 Å². The molecule has 0 N–H and O–H groups in total. The van der Waals surface area contributed by atoms with Gasteiger partial charge in [0.1, 0.15) is 0 Å². The van der Waals surface area contributed by atoms with Crippen LogP contribution in [0.1, 0.15) is 30.9 Å². The highest BCUT2D eigenvalue weighted by atomic mass is 32.2. The molecule has 0 aliphatic rings. The molecule has 1 aromatic carbocycles. The first kappa shape index (κ1) is 13.6. The molecule has 0 aromatic heterocycles. The summed E-state index contributed by atoms with van der Waals surface area (Å²) in [7, 11) is 4.23. The van der Waals surface area contributed by atoms with Gasteiger partial charge in [-0.15, -0.1) is 0 Å². The summed E-state index contributed by atoms with van der Waals surface area (Å²) < 4.78 is 0. The third kappa shape index (κ3) is 5.57. The van der Waals surface area contributed by atoms with E-state index in [1.807, 2.05) is 11.8 Å². The van der Waals surface area contributed by atoms with E-state index in [1.165, 1.54) is 29.7 Å². The van der Waals surface area contributed by atoms with Crippen LogP contribution in [-0.4, -0.2) is 24.7 Å². The Kier molecular flexibility index (Phi) is 6.58. The first-order valence-electron chi connectivity index (χ1n) is 6.02. The van der Waals surface area contributed by atoms with Crippen molar-refractivity contribution in [3.8, 4) is 0 Å². The van der Waals surface area contributed by atoms with Gasteiger partial charge < -0.3 is 4.90 Å². The first-order valence-corrected chi connectivity index (χ1v) is 7.18. The van der Waals surface area contributed by atoms with E-state index in [2.05, 4.69) is 50.2 Å². The van der Waals surface area contributed by atoms with E-state index in [0.717, 1.165) is 12.3 Å². The molecule has 1 aromatic rings. The minimum Gasteiger partial charge on any atom is -0.305 e. The van der Waals surface area contributed by atoms with Gasteiger partial charge in [0, 0.05) is 12.3 Å². The number of rotatable bonds is 7. The van der Waals surface area contributed by atoms with Gasteiger partial charge in [-0.2, -0.15) is 11.8 Å². The number of hydrogen-bond donors (Lipinski definition) is 0. The highest BCUT2D eigenvalue weighted by Gasteiger charge is 1.98. The van der Waals surface area contributed by atoms with Crippen molar-refractivity contribution >= 4 is 11.8 Å². The molecule has 0 aliphatic carbocycles. The zero-order valence-electron chi connectivity index (χ0n) is 10.7. The van der Waals surface area contributed by atoms with Crippen LogP contribution in [0, 0.1) is 0 Å². The molecule has 0 atom stereocenters. The summed E-state index contributed by atoms with van der Waals surface area (Å²) in [6, 6.07) is 8.95. The van der Waals surface area contributed by atoms with Gasteiger partial charge in [-0.25, -0.2) is 0 Å². The molecule has 0 saturated heterocycles. The van der Waals surface area contributed by atoms with Crippen LogP contribution < -0.4 is 0 Å². The summed E-state index contributed by atoms with van der Waals surface area (Å²) in [5, 5.41) is 0. The quantitative estimate of drug-likeness (QED) is 0.664. The van der Waals surface area contributed by atoms with Crippen LogP contribution >= 0.6 is 11.8 Å². The van der Waals surface area contributed by atoms with Gasteiger partial charge >= 0.3 is 0 Å². The third-order valence-electron chi connectivity index (χ3n) is 2.40. The fourth-order valence-corrected chi connectivity index (χ4v) is 2.67. The second-order valence-electron chi connectivity index (χ2n) is 4.46. The molecule has 16 heavy (non-hydrogen) atoms. The molecule has 0 heterocycles. The van der Waals surface area contributed by atoms with E-state index in [4.69, 9.17) is 0 Å². The molecule has 0 bridgehead atoms. The highest BCUT2D eigenvalue weighted by Crippen LogP contribution is 2.15. The predicted molar refractivity (Wildman–Crippen MR) is 74.9 cm³/mol. The lowest BCUT2D eigenvalue weighted by Crippen LogP contribution is -2.10. The Morgan fingerprint density at radius 2 is 1.94 bits per heavy atom. The zero-order valence-corrected chi connectivity index (χ0v) is 11.5. The van der Waals surface area contributed by atoms with E-state index in [1.54, 1.807) is 0 Å². The van der Waals surface area contributed by atoms with Crippen molar-refractivity contribution in [1.82, 2.24) is 4.90 Å². The maximum Gasteiger partial charge on any atom is 0.0227 e. The molecule has 0 spiro atoms. The molecule has 0 fully saturated rings. The van der Waals surface area contributed by atoms with Crippen molar-refractivity contribution in [2.45, 2.75) is 32.1 Å². The van der Waals surface area contributed by atoms with Crippen molar-refractivity contribution in [3.63, 3.8) is 0 Å². The normalized spacial score (nSPS) is 11.0. The van der Waals surface area contributed by atoms with E-state index in [9.17, 15) is 0 Å². The summed E-state index contributed by atoms with van der Waals surface area (Å²) in [6.45, 7) is 3.28. The van der Waals surface area contributed by atoms with Crippen LogP contribution in [0.2, 0.25) is 0 Å². The highest BCUT2D eigenvalue weighted by molar-refractivity contribution is 7.98. The van der Waals surface area contributed by atoms with Crippen molar-refractivity contribution in [2.24, 2.45) is 0 Å². The summed E-state index contributed by atoms with van der Waals surface area (Å²) in [4.78, 5) is 2.21. The van der Waals surface area contributed by atoms with Crippen LogP contribution in [0.4, 0.5) is 0 Å². The zero-order chi connectivity index (χ0) is 11.8. The summed E-state index contributed by atoms with van der Waals surface area (Å²) in [5.74, 6) is 2.44. The van der Waals surface area contributed by atoms with Crippen LogP contribution in [0.5, 0.6) is 0 Å². The average Bonchev–Trinajstić information content (AvgIpc) is 2.24. The lowest BCUT2D eigenvalue weighted by atomic mass is 10.1. The topological polar surface area (TPSA) is 3.24 Å². The average molecular weight is 237 g/mol. The second kappa shape index (κ2) is 7.75. The number of hydrogen-bond acceptors (Lipinski definition) is 2. The Hall–Kier alpha value is -0.470. The van der Waals surface area contributed by atoms with Crippen LogP contribution in [0.25, 0.3) is 0 Å². The Balaban J connectivity index is 2.41. The molecule has 0 radical (unpaired) electrons. The molecule has 0 amide bonds. The van der Waals surface area contributed by atoms with E-state index in [-0.39, 0.29) is 0 Å². The Bertz CT molecular complexity index is 297. The molecule has 90 valence electrons. The monoisotopic (exact) mass is 237 g/mol. The summed E-state index contributed by atoms with van der Waals surface area (Å²) in [6.07, 6.45) is 2.63. The molecule has 1 rings (SSSR count). The lowest BCUT2D eigenvalue weighted by Gasteiger charge is -2.10. The Labute approximate surface area is 104 Å². The van der Waals surface area contributed by atoms with E-state index >= 15 is 0 Å². The molecule has 0 unspecified atom stereocenters. The van der Waals surface area contributed by atoms with Crippen LogP contribution in [-0.2, 0) is 12.3 Å². The summed E-state index contributed by atoms with van der Waals surface area (Å²) in [5.41, 5.74) is 2.87. The minimum atomic E-state index is 1.04. The largest absolute Gasteiger partial charge is 0.305 e. The Morgan fingerprint density at radius 1 is 1.19 bits per heavy atom. The van der Waals surface area contributed by atoms with Gasteiger partial charge in [-0.1, -0.05) is 37.6 Å². The maximum atomic E-state index is 2.33. The van der Waals surface area contributed by atoms with Gasteiger partial charge in [-0.05, 0) is 37.4 Å². The molecule has 1 nitrogen and oxygen atoms in total. The smallest absolute Gasteiger partial charge is 0.0227 e. The SMILES string of the molecule is CCCCSCc1cccc(CN(C)C)c1. The fraction of sp³-hybridized carbons (Fsp3) is 0.571. The van der Waals surface area contributed by atoms with Crippen molar-refractivity contribution in [2.75, 3.05) is 19.8 Å². The first-order chi connectivity index (χ1) is 7.72. The van der Waals surface area contributed by atoms with Gasteiger partial charge in [0.15, 0.2) is 0 Å². The van der Waals surface area contributed by atoms with Gasteiger partial charge in [0.05, 0.1) is 0 Å². The van der Waals surface area contributed by atoms with Crippen LogP contribution in [0.15, 0.2) is 24.3 Å². The van der Waals surface area contributed by atoms with Gasteiger partial charge in [-0.3, -0.25) is 0 Å². The van der Waals surface area contributed by atoms with Gasteiger partial charge in [0.2, 0.25) is 0 Å². The number of thioether (sulfide) groups is 1. The molecular weight excluding hydrogens is 214 g/mol. The van der Waals surface area contributed by atoms with Crippen molar-refractivity contribution < 1.29 is 0 Å². The van der Waals surface area contributed by atoms with E-state index < -0.39 is 0 Å². The minimum absolute atomic E-state index is 1.04. The predicted octanol–water partition coefficient (Wildman–Crippen LogP) is 3.78. The molecule has 0 aliphatic heterocycles. The number of benzene rings is 1. The van der Waals surface area contributed by atoms with E-state index in [0.29, 0.717) is 0 Å². The van der Waals surface area contributed by atoms with Crippen molar-refractivity contribution in [3.05, 3.63) is 35.4 Å². The third-order valence-corrected chi connectivity index (χ3v) is 3.52. The Morgan fingerprint density at radius 3 is 2.62 bits per heavy atom. The second-order valence-corrected chi connectivity index (χ2v) is 5.57.